The summed E-state index contributed by atoms with van der Waals surface area (Å²) in [7, 11) is 0. The van der Waals surface area contributed by atoms with Gasteiger partial charge in [0.1, 0.15) is 98.2 Å². The van der Waals surface area contributed by atoms with Crippen LogP contribution in [-0.2, 0) is 90.3 Å². The summed E-state index contributed by atoms with van der Waals surface area (Å²) in [6, 6.07) is 0. The third-order valence-corrected chi connectivity index (χ3v) is 24.7. The van der Waals surface area contributed by atoms with Crippen molar-refractivity contribution in [3.63, 3.8) is 0 Å². The standard InChI is InChI=1S/C67H104O33/c1-26(71)87-24-35-48(89-27(2)72)52(90-28(3)73)53(91-29(4)74)61(94-35)96-47-32(75)23-88-57(46(47)83)100-55-54(84)62(5,6)20-31-30-12-13-37-64(8)16-15-38(65(9,25-70)36(64)14-17-67(37,11)66(30,10)19-18-63(31,55)7)95-60-51(44(81)43(80)49(97-60)56(85)86)99-59-50(42(79)40(77)34(22-69)93-59)98-58-45(82)41(78)39(76)33(21-68)92-58/h12,31-55,57-61,68-70,75-84H,13-25H2,1-11H3,(H,85,86)/t31-,32-,33+,34+,35+,36+,37+,38-,39+,40-,41-,42-,43-,44-,45+,46+,47-,48+,49-,50+,51+,52-,53+,54?,55?,57-,58-,59-,60+,61-,63+,64-,65+,66+,67+/m0/s1. The van der Waals surface area contributed by atoms with Gasteiger partial charge in [-0.25, -0.2) is 4.79 Å². The fourth-order valence-corrected chi connectivity index (χ4v) is 19.0. The summed E-state index contributed by atoms with van der Waals surface area (Å²) >= 11 is 0. The second-order valence-electron chi connectivity index (χ2n) is 31.2. The third-order valence-electron chi connectivity index (χ3n) is 24.7. The first-order valence-electron chi connectivity index (χ1n) is 34.5. The highest BCUT2D eigenvalue weighted by molar-refractivity contribution is 5.73. The van der Waals surface area contributed by atoms with E-state index in [1.165, 1.54) is 5.57 Å². The predicted molar refractivity (Wildman–Crippen MR) is 331 cm³/mol. The number of rotatable bonds is 19. The molecule has 0 spiro atoms. The van der Waals surface area contributed by atoms with Crippen LogP contribution < -0.4 is 0 Å². The van der Waals surface area contributed by atoms with Gasteiger partial charge in [-0.05, 0) is 90.8 Å². The molecule has 0 radical (unpaired) electrons. The van der Waals surface area contributed by atoms with Crippen LogP contribution >= 0.6 is 0 Å². The number of carboxylic acids is 1. The lowest BCUT2D eigenvalue weighted by Gasteiger charge is -2.72. The van der Waals surface area contributed by atoms with Gasteiger partial charge in [-0.3, -0.25) is 19.2 Å². The molecular formula is C67H104O33. The lowest BCUT2D eigenvalue weighted by Crippen LogP contribution is -2.69. The zero-order valence-corrected chi connectivity index (χ0v) is 58.1. The van der Waals surface area contributed by atoms with Gasteiger partial charge in [-0.2, -0.15) is 0 Å². The molecule has 14 N–H and O–H groups in total. The lowest BCUT2D eigenvalue weighted by molar-refractivity contribution is -0.397. The van der Waals surface area contributed by atoms with Gasteiger partial charge in [0.2, 0.25) is 0 Å². The fourth-order valence-electron chi connectivity index (χ4n) is 19.0. The maximum atomic E-state index is 12.7. The lowest BCUT2D eigenvalue weighted by atomic mass is 9.33. The molecule has 5 saturated heterocycles. The summed E-state index contributed by atoms with van der Waals surface area (Å²) in [5, 5.41) is 156. The summed E-state index contributed by atoms with van der Waals surface area (Å²) in [4.78, 5) is 62.5. The van der Waals surface area contributed by atoms with Crippen molar-refractivity contribution in [2.75, 3.05) is 33.0 Å². The number of carboxylic acid groups (broad SMARTS) is 1. The molecular weight excluding hydrogens is 1330 g/mol. The van der Waals surface area contributed by atoms with Crippen molar-refractivity contribution in [1.29, 1.82) is 0 Å². The van der Waals surface area contributed by atoms with E-state index in [2.05, 4.69) is 33.8 Å². The SMILES string of the molecule is CC(=O)OC[C@H]1O[C@@H](O[C@@H]2[C@@H](O)[C@H](OC3C(O)C(C)(C)C[C@H]4C5=CC[C@@H]6[C@@]7(C)CC[C@H](O[C@@H]8O[C@H](C(=O)O)[C@@H](O)[C@H](O)[C@H]8O[C@@H]8O[C@H](CO)[C@H](O)[C@H](O)[C@H]8O[C@@H]8O[C@H](CO)[C@@H](O)[C@H](O)[C@H]8O)[C@](C)(CO)[C@@H]7CC[C@@]6(C)[C@]5(C)CC[C@@]34C)OC[C@@H]2O)[C@H](OC(C)=O)[C@@H](OC(C)=O)[C@@H]1OC(C)=O. The third kappa shape index (κ3) is 14.1. The molecule has 0 bridgehead atoms. The van der Waals surface area contributed by atoms with Crippen LogP contribution in [0.5, 0.6) is 0 Å². The quantitative estimate of drug-likeness (QED) is 0.0269. The van der Waals surface area contributed by atoms with Crippen molar-refractivity contribution < 1.29 is 162 Å². The van der Waals surface area contributed by atoms with Crippen molar-refractivity contribution in [3.05, 3.63) is 11.6 Å². The van der Waals surface area contributed by atoms with Crippen molar-refractivity contribution in [2.24, 2.45) is 50.2 Å². The molecule has 5 aliphatic heterocycles. The maximum Gasteiger partial charge on any atom is 0.335 e. The first-order valence-corrected chi connectivity index (χ1v) is 34.5. The predicted octanol–water partition coefficient (Wildman–Crippen LogP) is -2.78. The minimum absolute atomic E-state index is 0.0184. The summed E-state index contributed by atoms with van der Waals surface area (Å²) in [6.45, 7) is 15.7. The molecule has 5 aliphatic carbocycles. The van der Waals surface area contributed by atoms with Crippen molar-refractivity contribution in [2.45, 2.75) is 293 Å². The van der Waals surface area contributed by atoms with Gasteiger partial charge in [0.05, 0.1) is 44.7 Å². The number of aliphatic hydroxyl groups is 13. The van der Waals surface area contributed by atoms with Crippen molar-refractivity contribution >= 4 is 29.8 Å². The van der Waals surface area contributed by atoms with Crippen LogP contribution in [-0.4, -0.2) is 300 Å². The number of fused-ring (bicyclic) bond motifs is 7. The number of aliphatic carboxylic acids is 1. The Balaban J connectivity index is 0.893. The highest BCUT2D eigenvalue weighted by Gasteiger charge is 2.71. The number of carbonyl (C=O) groups excluding carboxylic acids is 4. The average Bonchev–Trinajstić information content (AvgIpc) is 0.673. The van der Waals surface area contributed by atoms with E-state index in [1.807, 2.05) is 20.8 Å². The van der Waals surface area contributed by atoms with Crippen LogP contribution in [0.15, 0.2) is 11.6 Å². The number of aliphatic hydroxyl groups excluding tert-OH is 13. The Morgan fingerprint density at radius 3 is 1.66 bits per heavy atom. The molecule has 0 amide bonds. The first kappa shape index (κ1) is 78.8. The number of hydrogen-bond donors (Lipinski definition) is 14. The number of esters is 4. The van der Waals surface area contributed by atoms with Gasteiger partial charge in [-0.1, -0.05) is 60.1 Å². The topological polar surface area (TPSA) is 498 Å². The van der Waals surface area contributed by atoms with Crippen molar-refractivity contribution in [1.82, 2.24) is 0 Å². The molecule has 100 heavy (non-hydrogen) atoms. The molecule has 33 nitrogen and oxygen atoms in total. The van der Waals surface area contributed by atoms with Crippen LogP contribution in [0.4, 0.5) is 0 Å². The van der Waals surface area contributed by atoms with E-state index in [1.54, 1.807) is 0 Å². The van der Waals surface area contributed by atoms with Crippen LogP contribution in [0.25, 0.3) is 0 Å². The summed E-state index contributed by atoms with van der Waals surface area (Å²) in [5.74, 6) is -5.61. The van der Waals surface area contributed by atoms with E-state index in [0.717, 1.165) is 27.7 Å². The van der Waals surface area contributed by atoms with E-state index in [0.29, 0.717) is 44.9 Å². The monoisotopic (exact) mass is 1440 g/mol. The number of hydrogen-bond acceptors (Lipinski definition) is 32. The summed E-state index contributed by atoms with van der Waals surface area (Å²) in [6.07, 6.45) is -40.3. The Bertz CT molecular complexity index is 2950. The molecule has 9 fully saturated rings. The fraction of sp³-hybridized carbons (Fsp3) is 0.896. The van der Waals surface area contributed by atoms with E-state index in [-0.39, 0.29) is 24.2 Å². The van der Waals surface area contributed by atoms with Crippen LogP contribution in [0.1, 0.15) is 128 Å². The first-order chi connectivity index (χ1) is 46.8. The molecule has 0 aromatic rings. The molecule has 4 saturated carbocycles. The van der Waals surface area contributed by atoms with Gasteiger partial charge >= 0.3 is 29.8 Å². The molecule has 10 aliphatic rings. The molecule has 0 aromatic carbocycles. The molecule has 0 aromatic heterocycles. The van der Waals surface area contributed by atoms with Gasteiger partial charge in [0.15, 0.2) is 55.9 Å². The number of allylic oxidation sites excluding steroid dienone is 2. The Morgan fingerprint density at radius 1 is 0.510 bits per heavy atom. The average molecular weight is 1440 g/mol. The van der Waals surface area contributed by atoms with Gasteiger partial charge in [0.25, 0.3) is 0 Å². The van der Waals surface area contributed by atoms with Crippen LogP contribution in [0, 0.1) is 50.2 Å². The van der Waals surface area contributed by atoms with E-state index < -0.39 is 261 Å². The Labute approximate surface area is 578 Å². The zero-order valence-electron chi connectivity index (χ0n) is 58.1. The largest absolute Gasteiger partial charge is 0.479 e. The Kier molecular flexibility index (Phi) is 23.5. The molecule has 10 rings (SSSR count). The van der Waals surface area contributed by atoms with E-state index in [9.17, 15) is 95.5 Å². The minimum atomic E-state index is -2.19. The van der Waals surface area contributed by atoms with Crippen molar-refractivity contribution in [3.8, 4) is 0 Å². The Hall–Kier alpha value is -3.83. The normalized spacial score (nSPS) is 50.0. The molecule has 5 heterocycles. The number of ether oxygens (including phenoxy) is 14. The minimum Gasteiger partial charge on any atom is -0.479 e. The van der Waals surface area contributed by atoms with E-state index in [4.69, 9.17) is 66.3 Å². The molecule has 570 valence electrons. The smallest absolute Gasteiger partial charge is 0.335 e. The van der Waals surface area contributed by atoms with Crippen LogP contribution in [0.3, 0.4) is 0 Å². The highest BCUT2D eigenvalue weighted by atomic mass is 16.8. The van der Waals surface area contributed by atoms with Gasteiger partial charge < -0.3 is 138 Å². The second-order valence-corrected chi connectivity index (χ2v) is 31.2. The molecule has 33 heteroatoms. The second kappa shape index (κ2) is 29.8. The van der Waals surface area contributed by atoms with Gasteiger partial charge in [0, 0.05) is 38.5 Å². The highest BCUT2D eigenvalue weighted by Crippen LogP contribution is 2.76. The summed E-state index contributed by atoms with van der Waals surface area (Å²) in [5.41, 5.74) is -2.96. The zero-order chi connectivity index (χ0) is 73.6. The molecule has 35 atom stereocenters. The maximum absolute atomic E-state index is 12.7. The summed E-state index contributed by atoms with van der Waals surface area (Å²) < 4.78 is 83.5. The Morgan fingerprint density at radius 2 is 1.06 bits per heavy atom. The van der Waals surface area contributed by atoms with Gasteiger partial charge in [-0.15, -0.1) is 0 Å². The van der Waals surface area contributed by atoms with E-state index >= 15 is 0 Å². The number of carbonyl (C=O) groups is 5. The molecule has 2 unspecified atom stereocenters. The van der Waals surface area contributed by atoms with Crippen LogP contribution in [0.2, 0.25) is 0 Å².